The van der Waals surface area contributed by atoms with Gasteiger partial charge in [-0.1, -0.05) is 23.7 Å². The maximum atomic E-state index is 13.7. The molecule has 0 unspecified atom stereocenters. The Labute approximate surface area is 154 Å². The molecule has 0 aliphatic rings. The molecule has 4 nitrogen and oxygen atoms in total. The first-order valence-electron chi connectivity index (χ1n) is 8.01. The Balaban J connectivity index is 1.87. The Hall–Kier alpha value is -3.05. The van der Waals surface area contributed by atoms with Gasteiger partial charge >= 0.3 is 0 Å². The Morgan fingerprint density at radius 3 is 2.69 bits per heavy atom. The van der Waals surface area contributed by atoms with Crippen molar-refractivity contribution in [2.75, 3.05) is 5.32 Å². The van der Waals surface area contributed by atoms with Crippen molar-refractivity contribution in [3.05, 3.63) is 77.3 Å². The molecule has 1 N–H and O–H groups in total. The minimum atomic E-state index is -0.343. The largest absolute Gasteiger partial charge is 0.338 e. The predicted molar refractivity (Wildman–Crippen MR) is 102 cm³/mol. The van der Waals surface area contributed by atoms with Gasteiger partial charge in [-0.25, -0.2) is 14.4 Å². The molecule has 0 radical (unpaired) electrons. The SMILES string of the molecule is Cc1cc(Nc2nc(-c3cccnc3)nc3ccccc23)c(Cl)cc1F. The predicted octanol–water partition coefficient (Wildman–Crippen LogP) is 5.54. The number of aryl methyl sites for hydroxylation is 1. The summed E-state index contributed by atoms with van der Waals surface area (Å²) < 4.78 is 13.7. The molecule has 128 valence electrons. The van der Waals surface area contributed by atoms with Gasteiger partial charge in [0.25, 0.3) is 0 Å². The number of para-hydroxylation sites is 1. The molecular formula is C20H14ClFN4. The molecule has 0 bridgehead atoms. The quantitative estimate of drug-likeness (QED) is 0.518. The molecule has 0 saturated carbocycles. The van der Waals surface area contributed by atoms with Crippen LogP contribution in [0, 0.1) is 12.7 Å². The van der Waals surface area contributed by atoms with Crippen molar-refractivity contribution in [1.29, 1.82) is 0 Å². The maximum Gasteiger partial charge on any atom is 0.163 e. The van der Waals surface area contributed by atoms with E-state index in [0.717, 1.165) is 16.5 Å². The van der Waals surface area contributed by atoms with Crippen molar-refractivity contribution in [3.63, 3.8) is 0 Å². The van der Waals surface area contributed by atoms with E-state index in [-0.39, 0.29) is 5.82 Å². The second kappa shape index (κ2) is 6.69. The van der Waals surface area contributed by atoms with Crippen LogP contribution in [0.5, 0.6) is 0 Å². The smallest absolute Gasteiger partial charge is 0.163 e. The highest BCUT2D eigenvalue weighted by atomic mass is 35.5. The number of hydrogen-bond donors (Lipinski definition) is 1. The molecule has 4 rings (SSSR count). The molecule has 4 aromatic rings. The first-order valence-corrected chi connectivity index (χ1v) is 8.39. The number of pyridine rings is 1. The van der Waals surface area contributed by atoms with E-state index in [4.69, 9.17) is 11.6 Å². The van der Waals surface area contributed by atoms with Gasteiger partial charge in [-0.3, -0.25) is 4.98 Å². The van der Waals surface area contributed by atoms with Crippen LogP contribution in [-0.2, 0) is 0 Å². The molecule has 0 amide bonds. The number of benzene rings is 2. The standard InChI is InChI=1S/C20H14ClFN4/c1-12-9-18(15(21)10-16(12)22)25-20-14-6-2-3-7-17(14)24-19(26-20)13-5-4-8-23-11-13/h2-11H,1H3,(H,24,25,26). The summed E-state index contributed by atoms with van der Waals surface area (Å²) in [4.78, 5) is 13.4. The average molecular weight is 365 g/mol. The Morgan fingerprint density at radius 1 is 1.04 bits per heavy atom. The topological polar surface area (TPSA) is 50.7 Å². The third-order valence-electron chi connectivity index (χ3n) is 4.02. The van der Waals surface area contributed by atoms with E-state index in [2.05, 4.69) is 20.3 Å². The van der Waals surface area contributed by atoms with Crippen LogP contribution in [0.25, 0.3) is 22.3 Å². The summed E-state index contributed by atoms with van der Waals surface area (Å²) in [7, 11) is 0. The van der Waals surface area contributed by atoms with Gasteiger partial charge in [-0.15, -0.1) is 0 Å². The van der Waals surface area contributed by atoms with E-state index in [1.54, 1.807) is 25.4 Å². The van der Waals surface area contributed by atoms with Crippen LogP contribution in [0.4, 0.5) is 15.9 Å². The third-order valence-corrected chi connectivity index (χ3v) is 4.34. The lowest BCUT2D eigenvalue weighted by Gasteiger charge is -2.13. The molecule has 0 aliphatic heterocycles. The molecule has 0 spiro atoms. The maximum absolute atomic E-state index is 13.7. The summed E-state index contributed by atoms with van der Waals surface area (Å²) in [6.45, 7) is 1.69. The van der Waals surface area contributed by atoms with Crippen LogP contribution in [0.2, 0.25) is 5.02 Å². The van der Waals surface area contributed by atoms with Crippen LogP contribution < -0.4 is 5.32 Å². The minimum absolute atomic E-state index is 0.290. The number of nitrogens with zero attached hydrogens (tertiary/aromatic N) is 3. The van der Waals surface area contributed by atoms with Gasteiger partial charge in [0.1, 0.15) is 11.6 Å². The van der Waals surface area contributed by atoms with Gasteiger partial charge < -0.3 is 5.32 Å². The molecule has 0 fully saturated rings. The first kappa shape index (κ1) is 16.4. The summed E-state index contributed by atoms with van der Waals surface area (Å²) >= 11 is 6.20. The fourth-order valence-corrected chi connectivity index (χ4v) is 2.87. The molecule has 2 heterocycles. The van der Waals surface area contributed by atoms with Gasteiger partial charge in [-0.2, -0.15) is 0 Å². The van der Waals surface area contributed by atoms with E-state index in [1.165, 1.54) is 6.07 Å². The number of hydrogen-bond acceptors (Lipinski definition) is 4. The van der Waals surface area contributed by atoms with Gasteiger partial charge in [0.2, 0.25) is 0 Å². The number of halogens is 2. The van der Waals surface area contributed by atoms with Crippen LogP contribution >= 0.6 is 11.6 Å². The van der Waals surface area contributed by atoms with Crippen molar-refractivity contribution < 1.29 is 4.39 Å². The van der Waals surface area contributed by atoms with Gasteiger partial charge in [-0.05, 0) is 48.9 Å². The molecule has 0 atom stereocenters. The molecule has 0 saturated heterocycles. The van der Waals surface area contributed by atoms with Crippen LogP contribution in [0.3, 0.4) is 0 Å². The number of anilines is 2. The van der Waals surface area contributed by atoms with E-state index in [1.807, 2.05) is 36.4 Å². The molecular weight excluding hydrogens is 351 g/mol. The summed E-state index contributed by atoms with van der Waals surface area (Å²) in [6, 6.07) is 14.4. The average Bonchev–Trinajstić information content (AvgIpc) is 2.66. The molecule has 26 heavy (non-hydrogen) atoms. The lowest BCUT2D eigenvalue weighted by molar-refractivity contribution is 0.619. The zero-order chi connectivity index (χ0) is 18.1. The first-order chi connectivity index (χ1) is 12.6. The van der Waals surface area contributed by atoms with Crippen LogP contribution in [0.15, 0.2) is 60.9 Å². The second-order valence-electron chi connectivity index (χ2n) is 5.86. The summed E-state index contributed by atoms with van der Waals surface area (Å²) in [5, 5.41) is 4.36. The highest BCUT2D eigenvalue weighted by Gasteiger charge is 2.12. The van der Waals surface area contributed by atoms with E-state index >= 15 is 0 Å². The second-order valence-corrected chi connectivity index (χ2v) is 6.27. The fraction of sp³-hybridized carbons (Fsp3) is 0.0500. The van der Waals surface area contributed by atoms with Crippen molar-refractivity contribution in [2.45, 2.75) is 6.92 Å². The summed E-state index contributed by atoms with van der Waals surface area (Å²) in [5.41, 5.74) is 2.69. The van der Waals surface area contributed by atoms with Crippen molar-refractivity contribution in [3.8, 4) is 11.4 Å². The zero-order valence-corrected chi connectivity index (χ0v) is 14.6. The van der Waals surface area contributed by atoms with Crippen molar-refractivity contribution in [1.82, 2.24) is 15.0 Å². The number of rotatable bonds is 3. The van der Waals surface area contributed by atoms with Crippen LogP contribution in [-0.4, -0.2) is 15.0 Å². The molecule has 0 aliphatic carbocycles. The molecule has 2 aromatic heterocycles. The highest BCUT2D eigenvalue weighted by Crippen LogP contribution is 2.31. The van der Waals surface area contributed by atoms with Gasteiger partial charge in [0.05, 0.1) is 16.2 Å². The van der Waals surface area contributed by atoms with Crippen LogP contribution in [0.1, 0.15) is 5.56 Å². The number of nitrogens with one attached hydrogen (secondary N) is 1. The Kier molecular flexibility index (Phi) is 4.22. The lowest BCUT2D eigenvalue weighted by Crippen LogP contribution is -2.00. The van der Waals surface area contributed by atoms with Gasteiger partial charge in [0, 0.05) is 23.3 Å². The zero-order valence-electron chi connectivity index (χ0n) is 13.9. The molecule has 2 aromatic carbocycles. The van der Waals surface area contributed by atoms with E-state index in [9.17, 15) is 4.39 Å². The monoisotopic (exact) mass is 364 g/mol. The third kappa shape index (κ3) is 3.09. The number of fused-ring (bicyclic) bond motifs is 1. The highest BCUT2D eigenvalue weighted by molar-refractivity contribution is 6.33. The normalized spacial score (nSPS) is 10.9. The van der Waals surface area contributed by atoms with Gasteiger partial charge in [0.15, 0.2) is 5.82 Å². The Bertz CT molecular complexity index is 1100. The van der Waals surface area contributed by atoms with Crippen molar-refractivity contribution >= 4 is 34.0 Å². The Morgan fingerprint density at radius 2 is 1.88 bits per heavy atom. The van der Waals surface area contributed by atoms with Crippen molar-refractivity contribution in [2.24, 2.45) is 0 Å². The molecule has 6 heteroatoms. The number of aromatic nitrogens is 3. The summed E-state index contributed by atoms with van der Waals surface area (Å²) in [5.74, 6) is 0.806. The van der Waals surface area contributed by atoms with E-state index in [0.29, 0.717) is 27.9 Å². The van der Waals surface area contributed by atoms with E-state index < -0.39 is 0 Å². The fourth-order valence-electron chi connectivity index (χ4n) is 2.68. The summed E-state index contributed by atoms with van der Waals surface area (Å²) in [6.07, 6.45) is 3.41. The lowest BCUT2D eigenvalue weighted by atomic mass is 10.2. The minimum Gasteiger partial charge on any atom is -0.338 e.